The molecule has 4 rings (SSSR count). The van der Waals surface area contributed by atoms with Gasteiger partial charge in [0.1, 0.15) is 11.2 Å². The Kier molecular flexibility index (Phi) is 3.97. The van der Waals surface area contributed by atoms with Crippen molar-refractivity contribution in [2.75, 3.05) is 13.1 Å². The van der Waals surface area contributed by atoms with Crippen LogP contribution in [0.4, 0.5) is 4.79 Å². The first kappa shape index (κ1) is 16.4. The van der Waals surface area contributed by atoms with Gasteiger partial charge < -0.3 is 14.6 Å². The van der Waals surface area contributed by atoms with E-state index in [-0.39, 0.29) is 6.09 Å². The van der Waals surface area contributed by atoms with Crippen molar-refractivity contribution in [2.24, 2.45) is 0 Å². The summed E-state index contributed by atoms with van der Waals surface area (Å²) in [7, 11) is 0. The summed E-state index contributed by atoms with van der Waals surface area (Å²) < 4.78 is 5.51. The number of carbonyl (C=O) groups is 1. The second-order valence-electron chi connectivity index (χ2n) is 8.30. The molecular weight excluding hydrogens is 314 g/mol. The number of nitrogens with zero attached hydrogens (tertiary/aromatic N) is 2. The Morgan fingerprint density at radius 1 is 1.28 bits per heavy atom. The molecule has 5 heteroatoms. The molecule has 2 aromatic rings. The molecule has 1 saturated heterocycles. The van der Waals surface area contributed by atoms with E-state index in [9.17, 15) is 4.79 Å². The van der Waals surface area contributed by atoms with Crippen LogP contribution in [0.2, 0.25) is 0 Å². The van der Waals surface area contributed by atoms with Gasteiger partial charge in [-0.25, -0.2) is 9.78 Å². The first-order valence-electron chi connectivity index (χ1n) is 9.38. The number of piperidine rings is 1. The quantitative estimate of drug-likeness (QED) is 0.847. The van der Waals surface area contributed by atoms with Crippen LogP contribution in [0.25, 0.3) is 11.0 Å². The average molecular weight is 341 g/mol. The summed E-state index contributed by atoms with van der Waals surface area (Å²) in [6, 6.07) is 2.18. The molecule has 0 saturated carbocycles. The minimum absolute atomic E-state index is 0.187. The van der Waals surface area contributed by atoms with E-state index in [1.54, 1.807) is 0 Å². The minimum atomic E-state index is -0.434. The molecule has 1 aliphatic heterocycles. The summed E-state index contributed by atoms with van der Waals surface area (Å²) in [5.74, 6) is 0.490. The summed E-state index contributed by atoms with van der Waals surface area (Å²) in [4.78, 5) is 22.2. The molecule has 1 amide bonds. The van der Waals surface area contributed by atoms with E-state index in [1.165, 1.54) is 28.6 Å². The van der Waals surface area contributed by atoms with Crippen LogP contribution in [-0.2, 0) is 17.6 Å². The number of hydrogen-bond donors (Lipinski definition) is 1. The molecule has 3 heterocycles. The number of ether oxygens (including phenoxy) is 1. The number of likely N-dealkylation sites (tertiary alicyclic amines) is 1. The lowest BCUT2D eigenvalue weighted by molar-refractivity contribution is 0.0205. The number of hydrogen-bond acceptors (Lipinski definition) is 3. The number of pyridine rings is 1. The van der Waals surface area contributed by atoms with E-state index < -0.39 is 5.60 Å². The molecule has 0 atom stereocenters. The monoisotopic (exact) mass is 341 g/mol. The van der Waals surface area contributed by atoms with Crippen molar-refractivity contribution >= 4 is 17.1 Å². The lowest BCUT2D eigenvalue weighted by Crippen LogP contribution is -2.41. The fourth-order valence-corrected chi connectivity index (χ4v) is 4.23. The van der Waals surface area contributed by atoms with E-state index >= 15 is 0 Å². The Hall–Kier alpha value is -2.04. The van der Waals surface area contributed by atoms with Gasteiger partial charge in [-0.15, -0.1) is 0 Å². The number of aryl methyl sites for hydroxylation is 2. The molecule has 0 spiro atoms. The molecule has 0 radical (unpaired) electrons. The smallest absolute Gasteiger partial charge is 0.410 e. The van der Waals surface area contributed by atoms with Crippen molar-refractivity contribution < 1.29 is 9.53 Å². The van der Waals surface area contributed by atoms with Crippen LogP contribution < -0.4 is 0 Å². The fraction of sp³-hybridized carbons (Fsp3) is 0.600. The van der Waals surface area contributed by atoms with Crippen molar-refractivity contribution in [1.82, 2.24) is 14.9 Å². The van der Waals surface area contributed by atoms with Gasteiger partial charge in [-0.3, -0.25) is 0 Å². The molecule has 0 unspecified atom stereocenters. The van der Waals surface area contributed by atoms with Crippen molar-refractivity contribution in [2.45, 2.75) is 64.4 Å². The van der Waals surface area contributed by atoms with Crippen LogP contribution in [0.15, 0.2) is 12.3 Å². The third kappa shape index (κ3) is 3.12. The van der Waals surface area contributed by atoms with E-state index in [2.05, 4.69) is 16.0 Å². The van der Waals surface area contributed by atoms with Gasteiger partial charge in [0.05, 0.1) is 0 Å². The molecule has 25 heavy (non-hydrogen) atoms. The normalized spacial score (nSPS) is 18.6. The lowest BCUT2D eigenvalue weighted by atomic mass is 9.87. The Morgan fingerprint density at radius 3 is 2.76 bits per heavy atom. The van der Waals surface area contributed by atoms with Gasteiger partial charge >= 0.3 is 6.09 Å². The lowest BCUT2D eigenvalue weighted by Gasteiger charge is -2.33. The Balaban J connectivity index is 1.52. The van der Waals surface area contributed by atoms with Crippen LogP contribution in [0, 0.1) is 0 Å². The van der Waals surface area contributed by atoms with Gasteiger partial charge in [-0.05, 0) is 76.0 Å². The molecular formula is C20H27N3O2. The highest BCUT2D eigenvalue weighted by atomic mass is 16.6. The molecule has 1 aliphatic carbocycles. The summed E-state index contributed by atoms with van der Waals surface area (Å²) >= 11 is 0. The zero-order valence-electron chi connectivity index (χ0n) is 15.4. The van der Waals surface area contributed by atoms with Gasteiger partial charge in [0.2, 0.25) is 0 Å². The predicted molar refractivity (Wildman–Crippen MR) is 97.9 cm³/mol. The summed E-state index contributed by atoms with van der Waals surface area (Å²) in [5, 5.41) is 1.35. The molecule has 1 fully saturated rings. The van der Waals surface area contributed by atoms with Crippen LogP contribution in [0.1, 0.15) is 62.8 Å². The van der Waals surface area contributed by atoms with E-state index in [1.807, 2.05) is 31.9 Å². The fourth-order valence-electron chi connectivity index (χ4n) is 4.23. The largest absolute Gasteiger partial charge is 0.444 e. The van der Waals surface area contributed by atoms with Crippen molar-refractivity contribution in [3.05, 3.63) is 29.1 Å². The number of nitrogens with one attached hydrogen (secondary N) is 1. The first-order chi connectivity index (χ1) is 11.9. The molecule has 1 N–H and O–H groups in total. The maximum absolute atomic E-state index is 12.3. The Bertz CT molecular complexity index is 795. The first-order valence-corrected chi connectivity index (χ1v) is 9.38. The van der Waals surface area contributed by atoms with E-state index in [0.717, 1.165) is 44.4 Å². The molecule has 5 nitrogen and oxygen atoms in total. The topological polar surface area (TPSA) is 58.2 Å². The molecule has 2 aliphatic rings. The maximum atomic E-state index is 12.3. The number of rotatable bonds is 1. The van der Waals surface area contributed by atoms with Crippen LogP contribution in [0.5, 0.6) is 0 Å². The number of H-pyrrole nitrogens is 1. The second kappa shape index (κ2) is 6.04. The number of carbonyl (C=O) groups excluding carboxylic acids is 1. The zero-order valence-corrected chi connectivity index (χ0v) is 15.4. The van der Waals surface area contributed by atoms with Gasteiger partial charge in [-0.2, -0.15) is 0 Å². The molecule has 134 valence electrons. The third-order valence-corrected chi connectivity index (χ3v) is 5.36. The summed E-state index contributed by atoms with van der Waals surface area (Å²) in [6.45, 7) is 7.26. The zero-order chi connectivity index (χ0) is 17.6. The third-order valence-electron chi connectivity index (χ3n) is 5.36. The maximum Gasteiger partial charge on any atom is 0.410 e. The highest BCUT2D eigenvalue weighted by Crippen LogP contribution is 2.37. The number of amides is 1. The van der Waals surface area contributed by atoms with Crippen LogP contribution in [-0.4, -0.2) is 39.7 Å². The van der Waals surface area contributed by atoms with Gasteiger partial charge in [0, 0.05) is 30.4 Å². The van der Waals surface area contributed by atoms with Gasteiger partial charge in [0.25, 0.3) is 0 Å². The SMILES string of the molecule is CC(C)(C)OC(=O)N1CCC(c2ccnc3[nH]c4c(c23)CCC4)CC1. The van der Waals surface area contributed by atoms with E-state index in [0.29, 0.717) is 5.92 Å². The van der Waals surface area contributed by atoms with Gasteiger partial charge in [0.15, 0.2) is 0 Å². The number of aromatic amines is 1. The highest BCUT2D eigenvalue weighted by molar-refractivity contribution is 5.86. The Labute approximate surface area is 148 Å². The van der Waals surface area contributed by atoms with Crippen molar-refractivity contribution in [1.29, 1.82) is 0 Å². The van der Waals surface area contributed by atoms with Gasteiger partial charge in [-0.1, -0.05) is 0 Å². The van der Waals surface area contributed by atoms with Crippen molar-refractivity contribution in [3.63, 3.8) is 0 Å². The summed E-state index contributed by atoms with van der Waals surface area (Å²) in [6.07, 6.45) is 7.24. The van der Waals surface area contributed by atoms with E-state index in [4.69, 9.17) is 4.74 Å². The predicted octanol–water partition coefficient (Wildman–Crippen LogP) is 4.17. The molecule has 0 bridgehead atoms. The number of aromatic nitrogens is 2. The number of fused-ring (bicyclic) bond motifs is 3. The average Bonchev–Trinajstić information content (AvgIpc) is 3.13. The second-order valence-corrected chi connectivity index (χ2v) is 8.30. The van der Waals surface area contributed by atoms with Crippen LogP contribution in [0.3, 0.4) is 0 Å². The molecule has 2 aromatic heterocycles. The van der Waals surface area contributed by atoms with Crippen molar-refractivity contribution in [3.8, 4) is 0 Å². The van der Waals surface area contributed by atoms with Crippen LogP contribution >= 0.6 is 0 Å². The summed E-state index contributed by atoms with van der Waals surface area (Å²) in [5.41, 5.74) is 4.87. The standard InChI is InChI=1S/C20H27N3O2/c1-20(2,3)25-19(24)23-11-8-13(9-12-23)14-7-10-21-18-17(14)15-5-4-6-16(15)22-18/h7,10,13H,4-6,8-9,11-12H2,1-3H3,(H,21,22). The molecule has 0 aromatic carbocycles. The highest BCUT2D eigenvalue weighted by Gasteiger charge is 2.29. The Morgan fingerprint density at radius 2 is 2.04 bits per heavy atom. The minimum Gasteiger partial charge on any atom is -0.444 e.